The minimum atomic E-state index is 0.286. The maximum absolute atomic E-state index is 10.9. The molecule has 0 unspecified atom stereocenters. The average Bonchev–Trinajstić information content (AvgIpc) is 2.89. The van der Waals surface area contributed by atoms with E-state index in [1.807, 2.05) is 19.3 Å². The van der Waals surface area contributed by atoms with E-state index in [9.17, 15) is 4.79 Å². The SMILES string of the molecule is COc1cc(C=O)cc(OC)c1OCc1ccn(C)n1. The summed E-state index contributed by atoms with van der Waals surface area (Å²) in [5, 5.41) is 4.22. The van der Waals surface area contributed by atoms with Gasteiger partial charge in [-0.2, -0.15) is 5.10 Å². The van der Waals surface area contributed by atoms with Gasteiger partial charge in [0.05, 0.1) is 19.9 Å². The van der Waals surface area contributed by atoms with Crippen LogP contribution in [0.15, 0.2) is 24.4 Å². The zero-order valence-corrected chi connectivity index (χ0v) is 11.6. The largest absolute Gasteiger partial charge is 0.493 e. The Balaban J connectivity index is 2.27. The van der Waals surface area contributed by atoms with E-state index < -0.39 is 0 Å². The molecule has 1 aromatic heterocycles. The summed E-state index contributed by atoms with van der Waals surface area (Å²) >= 11 is 0. The molecule has 20 heavy (non-hydrogen) atoms. The topological polar surface area (TPSA) is 62.6 Å². The molecule has 0 saturated carbocycles. The maximum atomic E-state index is 10.9. The van der Waals surface area contributed by atoms with E-state index in [1.165, 1.54) is 14.2 Å². The highest BCUT2D eigenvalue weighted by atomic mass is 16.5. The lowest BCUT2D eigenvalue weighted by molar-refractivity contribution is 0.112. The first kappa shape index (κ1) is 13.9. The Morgan fingerprint density at radius 1 is 1.25 bits per heavy atom. The van der Waals surface area contributed by atoms with Crippen LogP contribution in [0.4, 0.5) is 0 Å². The van der Waals surface area contributed by atoms with Crippen LogP contribution in [-0.4, -0.2) is 30.3 Å². The second-order valence-electron chi connectivity index (χ2n) is 4.14. The van der Waals surface area contributed by atoms with Gasteiger partial charge in [-0.15, -0.1) is 0 Å². The number of carbonyl (C=O) groups excluding carboxylic acids is 1. The first-order chi connectivity index (χ1) is 9.67. The van der Waals surface area contributed by atoms with Crippen molar-refractivity contribution in [3.63, 3.8) is 0 Å². The highest BCUT2D eigenvalue weighted by Gasteiger charge is 2.14. The fourth-order valence-corrected chi connectivity index (χ4v) is 1.80. The van der Waals surface area contributed by atoms with Crippen molar-refractivity contribution >= 4 is 6.29 Å². The minimum absolute atomic E-state index is 0.286. The van der Waals surface area contributed by atoms with Crippen LogP contribution >= 0.6 is 0 Å². The summed E-state index contributed by atoms with van der Waals surface area (Å²) in [6.07, 6.45) is 2.57. The number of rotatable bonds is 6. The van der Waals surface area contributed by atoms with Crippen LogP contribution in [0.5, 0.6) is 17.2 Å². The molecule has 0 N–H and O–H groups in total. The van der Waals surface area contributed by atoms with E-state index >= 15 is 0 Å². The van der Waals surface area contributed by atoms with E-state index in [1.54, 1.807) is 16.8 Å². The quantitative estimate of drug-likeness (QED) is 0.753. The number of nitrogens with zero attached hydrogens (tertiary/aromatic N) is 2. The van der Waals surface area contributed by atoms with Crippen LogP contribution in [0.3, 0.4) is 0 Å². The molecule has 0 bridgehead atoms. The Morgan fingerprint density at radius 2 is 1.90 bits per heavy atom. The lowest BCUT2D eigenvalue weighted by atomic mass is 10.2. The molecule has 0 aliphatic heterocycles. The van der Waals surface area contributed by atoms with Crippen LogP contribution in [-0.2, 0) is 13.7 Å². The number of ether oxygens (including phenoxy) is 3. The third-order valence-corrected chi connectivity index (χ3v) is 2.75. The Kier molecular flexibility index (Phi) is 4.24. The van der Waals surface area contributed by atoms with Crippen molar-refractivity contribution in [3.8, 4) is 17.2 Å². The predicted octanol–water partition coefficient (Wildman–Crippen LogP) is 1.83. The summed E-state index contributed by atoms with van der Waals surface area (Å²) in [5.74, 6) is 1.34. The molecule has 1 heterocycles. The normalized spacial score (nSPS) is 10.2. The molecule has 0 radical (unpaired) electrons. The summed E-state index contributed by atoms with van der Waals surface area (Å²) in [6.45, 7) is 0.286. The Bertz CT molecular complexity index is 582. The zero-order chi connectivity index (χ0) is 14.5. The van der Waals surface area contributed by atoms with Crippen molar-refractivity contribution in [1.29, 1.82) is 0 Å². The summed E-state index contributed by atoms with van der Waals surface area (Å²) in [6, 6.07) is 5.06. The first-order valence-corrected chi connectivity index (χ1v) is 6.00. The summed E-state index contributed by atoms with van der Waals surface area (Å²) in [7, 11) is 4.86. The number of carbonyl (C=O) groups is 1. The van der Waals surface area contributed by atoms with Crippen LogP contribution in [0.1, 0.15) is 16.1 Å². The first-order valence-electron chi connectivity index (χ1n) is 6.00. The third kappa shape index (κ3) is 2.90. The molecule has 0 spiro atoms. The standard InChI is InChI=1S/C14H16N2O4/c1-16-5-4-11(15-16)9-20-14-12(18-2)6-10(8-17)7-13(14)19-3/h4-8H,9H2,1-3H3. The smallest absolute Gasteiger partial charge is 0.203 e. The van der Waals surface area contributed by atoms with Crippen molar-refractivity contribution in [2.75, 3.05) is 14.2 Å². The van der Waals surface area contributed by atoms with Gasteiger partial charge in [-0.1, -0.05) is 0 Å². The average molecular weight is 276 g/mol. The van der Waals surface area contributed by atoms with Gasteiger partial charge in [-0.25, -0.2) is 0 Å². The lowest BCUT2D eigenvalue weighted by Crippen LogP contribution is -2.02. The monoisotopic (exact) mass is 276 g/mol. The summed E-state index contributed by atoms with van der Waals surface area (Å²) in [5.41, 5.74) is 1.25. The number of methoxy groups -OCH3 is 2. The van der Waals surface area contributed by atoms with E-state index in [0.29, 0.717) is 22.8 Å². The van der Waals surface area contributed by atoms with Gasteiger partial charge in [0.15, 0.2) is 11.5 Å². The molecule has 0 aliphatic carbocycles. The third-order valence-electron chi connectivity index (χ3n) is 2.75. The molecule has 0 amide bonds. The van der Waals surface area contributed by atoms with Crippen molar-refractivity contribution in [2.24, 2.45) is 7.05 Å². The fourth-order valence-electron chi connectivity index (χ4n) is 1.80. The van der Waals surface area contributed by atoms with Crippen molar-refractivity contribution in [2.45, 2.75) is 6.61 Å². The molecule has 0 aliphatic rings. The molecular weight excluding hydrogens is 260 g/mol. The maximum Gasteiger partial charge on any atom is 0.203 e. The highest BCUT2D eigenvalue weighted by Crippen LogP contribution is 2.38. The molecule has 0 atom stereocenters. The van der Waals surface area contributed by atoms with E-state index in [0.717, 1.165) is 12.0 Å². The van der Waals surface area contributed by atoms with Crippen molar-refractivity contribution < 1.29 is 19.0 Å². The van der Waals surface area contributed by atoms with Crippen molar-refractivity contribution in [3.05, 3.63) is 35.7 Å². The number of aryl methyl sites for hydroxylation is 1. The molecule has 0 fully saturated rings. The highest BCUT2D eigenvalue weighted by molar-refractivity contribution is 5.78. The lowest BCUT2D eigenvalue weighted by Gasteiger charge is -2.14. The molecule has 0 saturated heterocycles. The molecule has 6 heteroatoms. The van der Waals surface area contributed by atoms with Gasteiger partial charge in [0.25, 0.3) is 0 Å². The van der Waals surface area contributed by atoms with Gasteiger partial charge < -0.3 is 14.2 Å². The van der Waals surface area contributed by atoms with Gasteiger partial charge in [0.2, 0.25) is 5.75 Å². The second kappa shape index (κ2) is 6.10. The number of aldehydes is 1. The Labute approximate surface area is 116 Å². The van der Waals surface area contributed by atoms with E-state index in [4.69, 9.17) is 14.2 Å². The van der Waals surface area contributed by atoms with Crippen LogP contribution in [0, 0.1) is 0 Å². The second-order valence-corrected chi connectivity index (χ2v) is 4.14. The van der Waals surface area contributed by atoms with Gasteiger partial charge >= 0.3 is 0 Å². The molecule has 106 valence electrons. The molecule has 6 nitrogen and oxygen atoms in total. The van der Waals surface area contributed by atoms with Crippen molar-refractivity contribution in [1.82, 2.24) is 9.78 Å². The molecule has 1 aromatic carbocycles. The summed E-state index contributed by atoms with van der Waals surface area (Å²) < 4.78 is 17.9. The van der Waals surface area contributed by atoms with Crippen LogP contribution < -0.4 is 14.2 Å². The Morgan fingerprint density at radius 3 is 2.35 bits per heavy atom. The van der Waals surface area contributed by atoms with Gasteiger partial charge in [-0.05, 0) is 18.2 Å². The van der Waals surface area contributed by atoms with Gasteiger partial charge in [-0.3, -0.25) is 9.48 Å². The molecular formula is C14H16N2O4. The fraction of sp³-hybridized carbons (Fsp3) is 0.286. The number of benzene rings is 1. The van der Waals surface area contributed by atoms with E-state index in [-0.39, 0.29) is 6.61 Å². The van der Waals surface area contributed by atoms with Gasteiger partial charge in [0.1, 0.15) is 12.9 Å². The van der Waals surface area contributed by atoms with E-state index in [2.05, 4.69) is 5.10 Å². The summed E-state index contributed by atoms with van der Waals surface area (Å²) in [4.78, 5) is 10.9. The molecule has 2 rings (SSSR count). The zero-order valence-electron chi connectivity index (χ0n) is 11.6. The molecule has 2 aromatic rings. The number of aromatic nitrogens is 2. The number of hydrogen-bond donors (Lipinski definition) is 0. The van der Waals surface area contributed by atoms with Crippen LogP contribution in [0.25, 0.3) is 0 Å². The Hall–Kier alpha value is -2.50. The van der Waals surface area contributed by atoms with Gasteiger partial charge in [0, 0.05) is 18.8 Å². The number of hydrogen-bond acceptors (Lipinski definition) is 5. The minimum Gasteiger partial charge on any atom is -0.493 e. The predicted molar refractivity (Wildman–Crippen MR) is 72.5 cm³/mol. The van der Waals surface area contributed by atoms with Crippen LogP contribution in [0.2, 0.25) is 0 Å².